The van der Waals surface area contributed by atoms with Gasteiger partial charge < -0.3 is 4.57 Å². The molecule has 142 valence electrons. The van der Waals surface area contributed by atoms with Crippen molar-refractivity contribution in [2.24, 2.45) is 0 Å². The summed E-state index contributed by atoms with van der Waals surface area (Å²) >= 11 is 0. The van der Waals surface area contributed by atoms with E-state index in [0.717, 1.165) is 23.5 Å². The predicted octanol–water partition coefficient (Wildman–Crippen LogP) is 6.61. The van der Waals surface area contributed by atoms with Gasteiger partial charge in [0.1, 0.15) is 7.14 Å². The molecule has 0 bridgehead atoms. The summed E-state index contributed by atoms with van der Waals surface area (Å²) in [5.74, 6) is 0. The van der Waals surface area contributed by atoms with E-state index in [2.05, 4.69) is 57.8 Å². The van der Waals surface area contributed by atoms with Crippen molar-refractivity contribution < 1.29 is 4.57 Å². The summed E-state index contributed by atoms with van der Waals surface area (Å²) in [5, 5.41) is 2.04. The van der Waals surface area contributed by atoms with Crippen LogP contribution in [0.4, 0.5) is 0 Å². The molecule has 0 aliphatic rings. The molecule has 1 nitrogen and oxygen atoms in total. The van der Waals surface area contributed by atoms with Crippen molar-refractivity contribution in [3.05, 3.63) is 60.7 Å². The summed E-state index contributed by atoms with van der Waals surface area (Å²) in [7, 11) is -4.49. The Labute approximate surface area is 161 Å². The van der Waals surface area contributed by atoms with E-state index in [1.54, 1.807) is 0 Å². The number of hydrogen-bond donors (Lipinski definition) is 0. The van der Waals surface area contributed by atoms with Crippen molar-refractivity contribution in [3.63, 3.8) is 0 Å². The average Bonchev–Trinajstić information content (AvgIpc) is 2.65. The molecule has 2 rings (SSSR count). The zero-order valence-electron chi connectivity index (χ0n) is 17.2. The molecule has 0 N–H and O–H groups in total. The minimum atomic E-state index is -2.75. The lowest BCUT2D eigenvalue weighted by Crippen LogP contribution is -2.53. The van der Waals surface area contributed by atoms with Gasteiger partial charge in [-0.1, -0.05) is 120 Å². The molecule has 0 radical (unpaired) electrons. The van der Waals surface area contributed by atoms with Gasteiger partial charge in [0.05, 0.1) is 8.07 Å². The van der Waals surface area contributed by atoms with Gasteiger partial charge in [-0.2, -0.15) is 0 Å². The molecule has 26 heavy (non-hydrogen) atoms. The Bertz CT molecular complexity index is 677. The first kappa shape index (κ1) is 21.2. The topological polar surface area (TPSA) is 17.1 Å². The maximum Gasteiger partial charge on any atom is 0.146 e. The van der Waals surface area contributed by atoms with Gasteiger partial charge in [-0.05, 0) is 6.42 Å². The first-order chi connectivity index (χ1) is 12.3. The highest BCUT2D eigenvalue weighted by molar-refractivity contribution is 7.82. The third-order valence-electron chi connectivity index (χ3n) is 6.07. The van der Waals surface area contributed by atoms with Crippen molar-refractivity contribution in [2.75, 3.05) is 0 Å². The highest BCUT2D eigenvalue weighted by Gasteiger charge is 2.53. The number of benzene rings is 2. The van der Waals surface area contributed by atoms with Crippen LogP contribution in [0.2, 0.25) is 19.6 Å². The fourth-order valence-corrected chi connectivity index (χ4v) is 12.5. The van der Waals surface area contributed by atoms with Gasteiger partial charge in [0.15, 0.2) is 0 Å². The van der Waals surface area contributed by atoms with E-state index >= 15 is 0 Å². The van der Waals surface area contributed by atoms with Crippen molar-refractivity contribution >= 4 is 25.8 Å². The summed E-state index contributed by atoms with van der Waals surface area (Å²) < 4.78 is 14.8. The Kier molecular flexibility index (Phi) is 7.10. The van der Waals surface area contributed by atoms with Gasteiger partial charge in [-0.15, -0.1) is 0 Å². The molecule has 2 aromatic carbocycles. The molecule has 3 heteroatoms. The lowest BCUT2D eigenvalue weighted by Gasteiger charge is -2.47. The van der Waals surface area contributed by atoms with Crippen LogP contribution >= 0.6 is 7.14 Å². The molecule has 0 fully saturated rings. The number of hydrogen-bond acceptors (Lipinski definition) is 1. The predicted molar refractivity (Wildman–Crippen MR) is 120 cm³/mol. The van der Waals surface area contributed by atoms with Crippen LogP contribution in [0.1, 0.15) is 46.0 Å². The molecule has 0 saturated carbocycles. The molecule has 0 aliphatic heterocycles. The first-order valence-electron chi connectivity index (χ1n) is 9.99. The van der Waals surface area contributed by atoms with E-state index < -0.39 is 15.2 Å². The van der Waals surface area contributed by atoms with Crippen molar-refractivity contribution in [1.82, 2.24) is 0 Å². The zero-order chi connectivity index (χ0) is 19.3. The SMILES string of the molecule is CCCCCC[C@@](C)([Si](C)(C)C)P(=O)(c1ccccc1)c1ccccc1. The Morgan fingerprint density at radius 2 is 1.27 bits per heavy atom. The zero-order valence-corrected chi connectivity index (χ0v) is 19.1. The largest absolute Gasteiger partial charge is 0.313 e. The monoisotopic (exact) mass is 386 g/mol. The van der Waals surface area contributed by atoms with Gasteiger partial charge >= 0.3 is 0 Å². The third kappa shape index (κ3) is 4.07. The molecular weight excluding hydrogens is 351 g/mol. The summed E-state index contributed by atoms with van der Waals surface area (Å²) in [6.07, 6.45) is 5.95. The Morgan fingerprint density at radius 1 is 0.808 bits per heavy atom. The van der Waals surface area contributed by atoms with E-state index in [1.165, 1.54) is 19.3 Å². The molecule has 0 aromatic heterocycles. The molecule has 0 heterocycles. The maximum absolute atomic E-state index is 15.0. The second kappa shape index (κ2) is 8.72. The summed E-state index contributed by atoms with van der Waals surface area (Å²) in [6.45, 7) is 11.8. The van der Waals surface area contributed by atoms with Crippen LogP contribution in [0.15, 0.2) is 60.7 Å². The van der Waals surface area contributed by atoms with Crippen LogP contribution in [0.25, 0.3) is 0 Å². The van der Waals surface area contributed by atoms with E-state index in [0.29, 0.717) is 0 Å². The average molecular weight is 387 g/mol. The smallest absolute Gasteiger partial charge is 0.146 e. The second-order valence-electron chi connectivity index (χ2n) is 8.61. The Morgan fingerprint density at radius 3 is 1.65 bits per heavy atom. The lowest BCUT2D eigenvalue weighted by atomic mass is 10.1. The fourth-order valence-electron chi connectivity index (χ4n) is 3.90. The van der Waals surface area contributed by atoms with Crippen LogP contribution in [-0.2, 0) is 4.57 Å². The van der Waals surface area contributed by atoms with Crippen molar-refractivity contribution in [1.29, 1.82) is 0 Å². The van der Waals surface area contributed by atoms with Gasteiger partial charge in [0, 0.05) is 15.4 Å². The highest BCUT2D eigenvalue weighted by atomic mass is 31.2. The number of unbranched alkanes of at least 4 members (excludes halogenated alkanes) is 3. The first-order valence-corrected chi connectivity index (χ1v) is 15.2. The highest BCUT2D eigenvalue weighted by Crippen LogP contribution is 2.61. The molecule has 0 amide bonds. The van der Waals surface area contributed by atoms with Crippen LogP contribution in [-0.4, -0.2) is 12.9 Å². The normalized spacial score (nSPS) is 14.8. The third-order valence-corrected chi connectivity index (χ3v) is 16.2. The van der Waals surface area contributed by atoms with E-state index in [-0.39, 0.29) is 4.78 Å². The molecule has 0 aliphatic carbocycles. The molecule has 0 spiro atoms. The Balaban J connectivity index is 2.62. The number of rotatable bonds is 9. The summed E-state index contributed by atoms with van der Waals surface area (Å²) in [5.41, 5.74) is 0. The van der Waals surface area contributed by atoms with E-state index in [9.17, 15) is 4.57 Å². The van der Waals surface area contributed by atoms with Crippen molar-refractivity contribution in [2.45, 2.75) is 70.4 Å². The minimum Gasteiger partial charge on any atom is -0.313 e. The Hall–Kier alpha value is -1.11. The molecule has 0 unspecified atom stereocenters. The minimum absolute atomic E-state index is 0.156. The fraction of sp³-hybridized carbons (Fsp3) is 0.478. The maximum atomic E-state index is 15.0. The van der Waals surface area contributed by atoms with Gasteiger partial charge in [-0.3, -0.25) is 0 Å². The van der Waals surface area contributed by atoms with E-state index in [1.807, 2.05) is 36.4 Å². The van der Waals surface area contributed by atoms with Crippen LogP contribution in [0, 0.1) is 0 Å². The molecule has 0 saturated heterocycles. The van der Waals surface area contributed by atoms with Gasteiger partial charge in [0.25, 0.3) is 0 Å². The van der Waals surface area contributed by atoms with Gasteiger partial charge in [0.2, 0.25) is 0 Å². The van der Waals surface area contributed by atoms with Gasteiger partial charge in [-0.25, -0.2) is 0 Å². The summed E-state index contributed by atoms with van der Waals surface area (Å²) in [6, 6.07) is 20.5. The molecule has 2 aromatic rings. The summed E-state index contributed by atoms with van der Waals surface area (Å²) in [4.78, 5) is 0. The molecule has 1 atom stereocenters. The van der Waals surface area contributed by atoms with Crippen LogP contribution in [0.5, 0.6) is 0 Å². The van der Waals surface area contributed by atoms with E-state index in [4.69, 9.17) is 0 Å². The second-order valence-corrected chi connectivity index (χ2v) is 17.9. The lowest BCUT2D eigenvalue weighted by molar-refractivity contribution is 0.546. The van der Waals surface area contributed by atoms with Crippen LogP contribution in [0.3, 0.4) is 0 Å². The van der Waals surface area contributed by atoms with Crippen LogP contribution < -0.4 is 10.6 Å². The standard InChI is InChI=1S/C23H35OPSi/c1-6-7-8-15-20-23(2,26(3,4)5)25(24,21-16-11-9-12-17-21)22-18-13-10-14-19-22/h9-14,16-19H,6-8,15,20H2,1-5H3/t23-/m1/s1. The quantitative estimate of drug-likeness (QED) is 0.269. The van der Waals surface area contributed by atoms with Crippen molar-refractivity contribution in [3.8, 4) is 0 Å². The molecular formula is C23H35OPSi.